The molecule has 0 aliphatic heterocycles. The highest BCUT2D eigenvalue weighted by molar-refractivity contribution is 5.83. The molecule has 6 heteroatoms. The predicted molar refractivity (Wildman–Crippen MR) is 67.3 cm³/mol. The number of oxime groups is 1. The van der Waals surface area contributed by atoms with Gasteiger partial charge in [-0.3, -0.25) is 0 Å². The standard InChI is InChI=1S/C14H10F3NO2/c15-14(16,17)11-5-7-12(8-6-11)20-13-4-2-1-3-10(13)9-18-19/h1-9,19H/b18-9-. The summed E-state index contributed by atoms with van der Waals surface area (Å²) in [5, 5.41) is 11.4. The molecule has 0 bridgehead atoms. The molecule has 0 radical (unpaired) electrons. The van der Waals surface area contributed by atoms with E-state index in [9.17, 15) is 13.2 Å². The quantitative estimate of drug-likeness (QED) is 0.517. The molecular formula is C14H10F3NO2. The monoisotopic (exact) mass is 281 g/mol. The van der Waals surface area contributed by atoms with Crippen molar-refractivity contribution in [2.75, 3.05) is 0 Å². The van der Waals surface area contributed by atoms with Gasteiger partial charge in [-0.1, -0.05) is 17.3 Å². The zero-order chi connectivity index (χ0) is 14.6. The van der Waals surface area contributed by atoms with E-state index < -0.39 is 11.7 Å². The van der Waals surface area contributed by atoms with Gasteiger partial charge in [-0.15, -0.1) is 0 Å². The molecule has 2 aromatic rings. The second-order valence-electron chi connectivity index (χ2n) is 3.91. The lowest BCUT2D eigenvalue weighted by Gasteiger charge is -2.10. The number of para-hydroxylation sites is 1. The average molecular weight is 281 g/mol. The van der Waals surface area contributed by atoms with Crippen molar-refractivity contribution in [1.29, 1.82) is 0 Å². The van der Waals surface area contributed by atoms with E-state index in [0.29, 0.717) is 11.3 Å². The molecule has 0 aliphatic carbocycles. The van der Waals surface area contributed by atoms with Crippen LogP contribution in [0.5, 0.6) is 11.5 Å². The fourth-order valence-corrected chi connectivity index (χ4v) is 1.58. The molecule has 0 heterocycles. The highest BCUT2D eigenvalue weighted by atomic mass is 19.4. The first-order chi connectivity index (χ1) is 9.50. The Kier molecular flexibility index (Phi) is 3.93. The van der Waals surface area contributed by atoms with Crippen LogP contribution in [0.15, 0.2) is 53.7 Å². The topological polar surface area (TPSA) is 41.8 Å². The Labute approximate surface area is 112 Å². The van der Waals surface area contributed by atoms with E-state index in [1.165, 1.54) is 18.3 Å². The summed E-state index contributed by atoms with van der Waals surface area (Å²) in [6, 6.07) is 11.0. The summed E-state index contributed by atoms with van der Waals surface area (Å²) < 4.78 is 42.7. The molecule has 2 aromatic carbocycles. The van der Waals surface area contributed by atoms with Gasteiger partial charge in [0.2, 0.25) is 0 Å². The Bertz CT molecular complexity index is 607. The third-order valence-corrected chi connectivity index (χ3v) is 2.53. The number of rotatable bonds is 3. The van der Waals surface area contributed by atoms with E-state index in [1.807, 2.05) is 0 Å². The molecular weight excluding hydrogens is 271 g/mol. The van der Waals surface area contributed by atoms with Crippen LogP contribution in [0.2, 0.25) is 0 Å². The minimum absolute atomic E-state index is 0.261. The minimum atomic E-state index is -4.38. The molecule has 0 saturated heterocycles. The molecule has 0 aliphatic rings. The zero-order valence-corrected chi connectivity index (χ0v) is 10.1. The summed E-state index contributed by atoms with van der Waals surface area (Å²) in [4.78, 5) is 0. The summed E-state index contributed by atoms with van der Waals surface area (Å²) in [5.74, 6) is 0.641. The number of benzene rings is 2. The summed E-state index contributed by atoms with van der Waals surface area (Å²) in [7, 11) is 0. The van der Waals surface area contributed by atoms with Gasteiger partial charge in [-0.25, -0.2) is 0 Å². The van der Waals surface area contributed by atoms with Gasteiger partial charge in [0.1, 0.15) is 11.5 Å². The fourth-order valence-electron chi connectivity index (χ4n) is 1.58. The number of alkyl halides is 3. The van der Waals surface area contributed by atoms with Crippen LogP contribution < -0.4 is 4.74 Å². The zero-order valence-electron chi connectivity index (χ0n) is 10.1. The molecule has 0 saturated carbocycles. The van der Waals surface area contributed by atoms with Gasteiger partial charge in [0, 0.05) is 5.56 Å². The molecule has 3 nitrogen and oxygen atoms in total. The van der Waals surface area contributed by atoms with Crippen LogP contribution in [-0.4, -0.2) is 11.4 Å². The van der Waals surface area contributed by atoms with E-state index in [-0.39, 0.29) is 5.75 Å². The number of hydrogen-bond donors (Lipinski definition) is 1. The summed E-state index contributed by atoms with van der Waals surface area (Å²) in [6.45, 7) is 0. The molecule has 0 aromatic heterocycles. The van der Waals surface area contributed by atoms with Crippen LogP contribution in [0.1, 0.15) is 11.1 Å². The first-order valence-corrected chi connectivity index (χ1v) is 5.62. The second-order valence-corrected chi connectivity index (χ2v) is 3.91. The SMILES string of the molecule is O/N=C\c1ccccc1Oc1ccc(C(F)(F)F)cc1. The van der Waals surface area contributed by atoms with Crippen molar-refractivity contribution >= 4 is 6.21 Å². The molecule has 2 rings (SSSR count). The molecule has 0 atom stereocenters. The van der Waals surface area contributed by atoms with Crippen molar-refractivity contribution < 1.29 is 23.1 Å². The molecule has 0 spiro atoms. The lowest BCUT2D eigenvalue weighted by molar-refractivity contribution is -0.137. The van der Waals surface area contributed by atoms with E-state index >= 15 is 0 Å². The maximum Gasteiger partial charge on any atom is 0.416 e. The highest BCUT2D eigenvalue weighted by Gasteiger charge is 2.30. The van der Waals surface area contributed by atoms with Crippen molar-refractivity contribution in [3.8, 4) is 11.5 Å². The normalized spacial score (nSPS) is 11.8. The van der Waals surface area contributed by atoms with Crippen LogP contribution in [0, 0.1) is 0 Å². The van der Waals surface area contributed by atoms with E-state index in [2.05, 4.69) is 5.16 Å². The van der Waals surface area contributed by atoms with E-state index in [4.69, 9.17) is 9.94 Å². The Morgan fingerprint density at radius 2 is 1.65 bits per heavy atom. The summed E-state index contributed by atoms with van der Waals surface area (Å²) in [5.41, 5.74) is -0.232. The molecule has 1 N–H and O–H groups in total. The van der Waals surface area contributed by atoms with Gasteiger partial charge in [0.25, 0.3) is 0 Å². The van der Waals surface area contributed by atoms with Gasteiger partial charge in [-0.2, -0.15) is 13.2 Å². The third-order valence-electron chi connectivity index (χ3n) is 2.53. The van der Waals surface area contributed by atoms with Crippen molar-refractivity contribution in [3.63, 3.8) is 0 Å². The maximum absolute atomic E-state index is 12.4. The van der Waals surface area contributed by atoms with Crippen molar-refractivity contribution in [2.24, 2.45) is 5.16 Å². The van der Waals surface area contributed by atoms with Crippen LogP contribution in [0.25, 0.3) is 0 Å². The molecule has 0 amide bonds. The predicted octanol–water partition coefficient (Wildman–Crippen LogP) is 4.31. The third kappa shape index (κ3) is 3.28. The van der Waals surface area contributed by atoms with Crippen LogP contribution >= 0.6 is 0 Å². The van der Waals surface area contributed by atoms with Crippen molar-refractivity contribution in [2.45, 2.75) is 6.18 Å². The largest absolute Gasteiger partial charge is 0.457 e. The molecule has 20 heavy (non-hydrogen) atoms. The molecule has 104 valence electrons. The second kappa shape index (κ2) is 5.64. The van der Waals surface area contributed by atoms with Gasteiger partial charge in [-0.05, 0) is 36.4 Å². The summed E-state index contributed by atoms with van der Waals surface area (Å²) in [6.07, 6.45) is -3.20. The van der Waals surface area contributed by atoms with Gasteiger partial charge in [0.05, 0.1) is 11.8 Å². The van der Waals surface area contributed by atoms with Crippen molar-refractivity contribution in [1.82, 2.24) is 0 Å². The number of ether oxygens (including phenoxy) is 1. The Morgan fingerprint density at radius 1 is 1.00 bits per heavy atom. The number of nitrogens with zero attached hydrogens (tertiary/aromatic N) is 1. The smallest absolute Gasteiger partial charge is 0.416 e. The summed E-state index contributed by atoms with van der Waals surface area (Å²) >= 11 is 0. The molecule has 0 unspecified atom stereocenters. The lowest BCUT2D eigenvalue weighted by atomic mass is 10.2. The average Bonchev–Trinajstić information content (AvgIpc) is 2.41. The fraction of sp³-hybridized carbons (Fsp3) is 0.0714. The number of halogens is 3. The van der Waals surface area contributed by atoms with E-state index in [1.54, 1.807) is 24.3 Å². The van der Waals surface area contributed by atoms with Crippen LogP contribution in [0.3, 0.4) is 0 Å². The Balaban J connectivity index is 2.23. The van der Waals surface area contributed by atoms with Crippen LogP contribution in [0.4, 0.5) is 13.2 Å². The lowest BCUT2D eigenvalue weighted by Crippen LogP contribution is -2.04. The molecule has 0 fully saturated rings. The van der Waals surface area contributed by atoms with Crippen LogP contribution in [-0.2, 0) is 6.18 Å². The van der Waals surface area contributed by atoms with E-state index in [0.717, 1.165) is 12.1 Å². The first-order valence-electron chi connectivity index (χ1n) is 5.62. The number of hydrogen-bond acceptors (Lipinski definition) is 3. The highest BCUT2D eigenvalue weighted by Crippen LogP contribution is 2.31. The van der Waals surface area contributed by atoms with Gasteiger partial charge >= 0.3 is 6.18 Å². The van der Waals surface area contributed by atoms with Gasteiger partial charge < -0.3 is 9.94 Å². The van der Waals surface area contributed by atoms with Crippen molar-refractivity contribution in [3.05, 3.63) is 59.7 Å². The maximum atomic E-state index is 12.4. The van der Waals surface area contributed by atoms with Gasteiger partial charge in [0.15, 0.2) is 0 Å². The Hall–Kier alpha value is -2.50. The minimum Gasteiger partial charge on any atom is -0.457 e. The Morgan fingerprint density at radius 3 is 2.25 bits per heavy atom. The first kappa shape index (κ1) is 13.9.